The second-order valence-corrected chi connectivity index (χ2v) is 8.37. The summed E-state index contributed by atoms with van der Waals surface area (Å²) < 4.78 is 13.4. The number of nitrogens with zero attached hydrogens (tertiary/aromatic N) is 4. The number of hydrogen-bond donors (Lipinski definition) is 1. The van der Waals surface area contributed by atoms with Crippen LogP contribution < -0.4 is 14.8 Å². The van der Waals surface area contributed by atoms with Crippen molar-refractivity contribution in [1.82, 2.24) is 25.5 Å². The Hall–Kier alpha value is -3.36. The Balaban J connectivity index is 1.26. The molecule has 0 saturated carbocycles. The van der Waals surface area contributed by atoms with Gasteiger partial charge in [0.2, 0.25) is 5.16 Å². The number of nitrogens with one attached hydrogen (secondary N) is 1. The van der Waals surface area contributed by atoms with Crippen molar-refractivity contribution in [3.63, 3.8) is 0 Å². The fraction of sp³-hybridized carbons (Fsp3) is 0.240. The van der Waals surface area contributed by atoms with Crippen LogP contribution in [0.2, 0.25) is 0 Å². The van der Waals surface area contributed by atoms with Crippen molar-refractivity contribution < 1.29 is 9.47 Å². The van der Waals surface area contributed by atoms with Crippen molar-refractivity contribution in [1.29, 1.82) is 0 Å². The molecule has 0 unspecified atom stereocenters. The lowest BCUT2D eigenvalue weighted by atomic mass is 10.1. The van der Waals surface area contributed by atoms with Gasteiger partial charge in [0.05, 0.1) is 12.8 Å². The van der Waals surface area contributed by atoms with Crippen molar-refractivity contribution in [3.05, 3.63) is 90.0 Å². The smallest absolute Gasteiger partial charge is 0.214 e. The van der Waals surface area contributed by atoms with Crippen LogP contribution in [0.15, 0.2) is 84.0 Å². The molecule has 170 valence electrons. The van der Waals surface area contributed by atoms with Crippen molar-refractivity contribution in [2.45, 2.75) is 24.7 Å². The molecule has 3 aromatic carbocycles. The first-order valence-electron chi connectivity index (χ1n) is 10.8. The highest BCUT2D eigenvalue weighted by Gasteiger charge is 2.11. The predicted octanol–water partition coefficient (Wildman–Crippen LogP) is 4.52. The molecule has 8 heteroatoms. The molecule has 4 rings (SSSR count). The second-order valence-electron chi connectivity index (χ2n) is 7.31. The lowest BCUT2D eigenvalue weighted by Gasteiger charge is -2.15. The Morgan fingerprint density at radius 1 is 0.939 bits per heavy atom. The van der Waals surface area contributed by atoms with Gasteiger partial charge in [-0.05, 0) is 47.2 Å². The third-order valence-electron chi connectivity index (χ3n) is 4.99. The van der Waals surface area contributed by atoms with E-state index in [1.165, 1.54) is 0 Å². The highest BCUT2D eigenvalue weighted by molar-refractivity contribution is 7.99. The van der Waals surface area contributed by atoms with E-state index in [9.17, 15) is 0 Å². The molecule has 4 aromatic rings. The van der Waals surface area contributed by atoms with E-state index in [1.54, 1.807) is 23.6 Å². The molecule has 0 amide bonds. The number of benzene rings is 3. The third kappa shape index (κ3) is 6.34. The van der Waals surface area contributed by atoms with E-state index in [1.807, 2.05) is 60.7 Å². The molecule has 1 heterocycles. The number of thioether (sulfide) groups is 1. The predicted molar refractivity (Wildman–Crippen MR) is 130 cm³/mol. The molecule has 0 spiro atoms. The van der Waals surface area contributed by atoms with Gasteiger partial charge in [0.25, 0.3) is 0 Å². The molecule has 0 aliphatic heterocycles. The first-order chi connectivity index (χ1) is 16.3. The maximum Gasteiger partial charge on any atom is 0.214 e. The molecule has 7 nitrogen and oxygen atoms in total. The summed E-state index contributed by atoms with van der Waals surface area (Å²) in [6.45, 7) is 2.07. The topological polar surface area (TPSA) is 74.1 Å². The van der Waals surface area contributed by atoms with Gasteiger partial charge in [-0.15, -0.1) is 5.10 Å². The van der Waals surface area contributed by atoms with Gasteiger partial charge in [-0.1, -0.05) is 72.4 Å². The zero-order valence-electron chi connectivity index (χ0n) is 18.6. The van der Waals surface area contributed by atoms with Gasteiger partial charge in [-0.3, -0.25) is 0 Å². The van der Waals surface area contributed by atoms with E-state index < -0.39 is 0 Å². The summed E-state index contributed by atoms with van der Waals surface area (Å²) in [4.78, 5) is 0. The molecule has 0 atom stereocenters. The van der Waals surface area contributed by atoms with Crippen molar-refractivity contribution in [2.75, 3.05) is 19.4 Å². The molecule has 0 aliphatic carbocycles. The molecule has 0 aliphatic rings. The molecule has 1 aromatic heterocycles. The van der Waals surface area contributed by atoms with Crippen LogP contribution in [0.25, 0.3) is 5.69 Å². The van der Waals surface area contributed by atoms with E-state index in [0.717, 1.165) is 52.2 Å². The Morgan fingerprint density at radius 3 is 2.52 bits per heavy atom. The number of rotatable bonds is 12. The lowest BCUT2D eigenvalue weighted by Crippen LogP contribution is -2.16. The minimum Gasteiger partial charge on any atom is -0.493 e. The Kier molecular flexibility index (Phi) is 8.32. The molecular formula is C25H27N5O2S. The summed E-state index contributed by atoms with van der Waals surface area (Å²) in [5.74, 6) is 2.44. The molecule has 0 fully saturated rings. The molecule has 0 radical (unpaired) electrons. The SMILES string of the molecule is COc1cccc(CNCCCSc2nnnn2-c2ccccc2)c1OCc1ccccc1. The first-order valence-corrected chi connectivity index (χ1v) is 11.8. The van der Waals surface area contributed by atoms with Crippen LogP contribution in [-0.4, -0.2) is 39.6 Å². The normalized spacial score (nSPS) is 10.8. The summed E-state index contributed by atoms with van der Waals surface area (Å²) in [6.07, 6.45) is 0.983. The van der Waals surface area contributed by atoms with E-state index >= 15 is 0 Å². The lowest BCUT2D eigenvalue weighted by molar-refractivity contribution is 0.280. The van der Waals surface area contributed by atoms with Crippen LogP contribution in [0.1, 0.15) is 17.5 Å². The van der Waals surface area contributed by atoms with E-state index in [4.69, 9.17) is 9.47 Å². The number of hydrogen-bond acceptors (Lipinski definition) is 7. The highest BCUT2D eigenvalue weighted by atomic mass is 32.2. The minimum atomic E-state index is 0.501. The summed E-state index contributed by atoms with van der Waals surface area (Å²) in [5, 5.41) is 16.4. The number of aromatic nitrogens is 4. The third-order valence-corrected chi connectivity index (χ3v) is 6.00. The Labute approximate surface area is 198 Å². The van der Waals surface area contributed by atoms with Gasteiger partial charge in [-0.2, -0.15) is 4.68 Å². The Morgan fingerprint density at radius 2 is 1.73 bits per heavy atom. The van der Waals surface area contributed by atoms with Crippen LogP contribution in [0.4, 0.5) is 0 Å². The van der Waals surface area contributed by atoms with Crippen LogP contribution in [0.5, 0.6) is 11.5 Å². The fourth-order valence-electron chi connectivity index (χ4n) is 3.34. The van der Waals surface area contributed by atoms with Gasteiger partial charge in [0, 0.05) is 17.9 Å². The Bertz CT molecular complexity index is 1120. The summed E-state index contributed by atoms with van der Waals surface area (Å²) in [7, 11) is 1.67. The molecule has 0 bridgehead atoms. The fourth-order valence-corrected chi connectivity index (χ4v) is 4.17. The number of ether oxygens (including phenoxy) is 2. The standard InChI is InChI=1S/C25H27N5O2S/c1-31-23-15-8-12-21(24(23)32-19-20-10-4-2-5-11-20)18-26-16-9-17-33-25-27-28-29-30(25)22-13-6-3-7-14-22/h2-8,10-15,26H,9,16-19H2,1H3. The van der Waals surface area contributed by atoms with Crippen LogP contribution >= 0.6 is 11.8 Å². The number of tetrazole rings is 1. The maximum atomic E-state index is 6.13. The quantitative estimate of drug-likeness (QED) is 0.246. The van der Waals surface area contributed by atoms with Crippen molar-refractivity contribution in [2.24, 2.45) is 0 Å². The van der Waals surface area contributed by atoms with Crippen LogP contribution in [0.3, 0.4) is 0 Å². The van der Waals surface area contributed by atoms with Crippen molar-refractivity contribution >= 4 is 11.8 Å². The second kappa shape index (κ2) is 12.0. The summed E-state index contributed by atoms with van der Waals surface area (Å²) in [5.41, 5.74) is 3.16. The van der Waals surface area contributed by atoms with Gasteiger partial charge in [0.15, 0.2) is 11.5 Å². The number of para-hydroxylation sites is 2. The zero-order valence-corrected chi connectivity index (χ0v) is 19.4. The zero-order chi connectivity index (χ0) is 22.7. The summed E-state index contributed by atoms with van der Waals surface area (Å²) >= 11 is 1.65. The average molecular weight is 462 g/mol. The van der Waals surface area contributed by atoms with Gasteiger partial charge in [0.1, 0.15) is 6.61 Å². The average Bonchev–Trinajstić information content (AvgIpc) is 3.34. The summed E-state index contributed by atoms with van der Waals surface area (Å²) in [6, 6.07) is 26.0. The van der Waals surface area contributed by atoms with Crippen LogP contribution in [0, 0.1) is 0 Å². The monoisotopic (exact) mass is 461 g/mol. The molecule has 33 heavy (non-hydrogen) atoms. The molecule has 0 saturated heterocycles. The maximum absolute atomic E-state index is 6.13. The van der Waals surface area contributed by atoms with Crippen LogP contribution in [-0.2, 0) is 13.2 Å². The minimum absolute atomic E-state index is 0.501. The molecule has 1 N–H and O–H groups in total. The van der Waals surface area contributed by atoms with Gasteiger partial charge in [-0.25, -0.2) is 0 Å². The largest absolute Gasteiger partial charge is 0.493 e. The van der Waals surface area contributed by atoms with Gasteiger partial charge < -0.3 is 14.8 Å². The first kappa shape index (κ1) is 22.8. The molecular weight excluding hydrogens is 434 g/mol. The van der Waals surface area contributed by atoms with E-state index in [0.29, 0.717) is 13.2 Å². The van der Waals surface area contributed by atoms with E-state index in [2.05, 4.69) is 39.0 Å². The van der Waals surface area contributed by atoms with Crippen molar-refractivity contribution in [3.8, 4) is 17.2 Å². The number of methoxy groups -OCH3 is 1. The van der Waals surface area contributed by atoms with Gasteiger partial charge >= 0.3 is 0 Å². The van der Waals surface area contributed by atoms with E-state index in [-0.39, 0.29) is 0 Å². The highest BCUT2D eigenvalue weighted by Crippen LogP contribution is 2.31.